The third-order valence-corrected chi connectivity index (χ3v) is 12.4. The monoisotopic (exact) mass is 744 g/mol. The molecule has 10 aromatic carbocycles. The van der Waals surface area contributed by atoms with Gasteiger partial charge in [-0.05, 0) is 145 Å². The van der Waals surface area contributed by atoms with Crippen molar-refractivity contribution < 1.29 is 0 Å². The molecule has 10 rings (SSSR count). The van der Waals surface area contributed by atoms with Crippen LogP contribution in [0.1, 0.15) is 52.7 Å². The van der Waals surface area contributed by atoms with Gasteiger partial charge in [-0.2, -0.15) is 0 Å². The Kier molecular flexibility index (Phi) is 8.39. The van der Waals surface area contributed by atoms with Crippen LogP contribution in [0, 0.1) is 0 Å². The van der Waals surface area contributed by atoms with Gasteiger partial charge in [-0.25, -0.2) is 0 Å². The van der Waals surface area contributed by atoms with Crippen molar-refractivity contribution in [1.82, 2.24) is 0 Å². The lowest BCUT2D eigenvalue weighted by Crippen LogP contribution is -2.11. The van der Waals surface area contributed by atoms with Gasteiger partial charge in [0.25, 0.3) is 0 Å². The summed E-state index contributed by atoms with van der Waals surface area (Å²) in [5.74, 6) is 0. The van der Waals surface area contributed by atoms with Gasteiger partial charge in [0.05, 0.1) is 0 Å². The van der Waals surface area contributed by atoms with Gasteiger partial charge in [0.2, 0.25) is 0 Å². The first-order valence-electron chi connectivity index (χ1n) is 20.7. The van der Waals surface area contributed by atoms with Crippen LogP contribution >= 0.6 is 0 Å². The second-order valence-corrected chi connectivity index (χ2v) is 18.2. The largest absolute Gasteiger partial charge is 0.0616 e. The van der Waals surface area contributed by atoms with Crippen LogP contribution in [0.5, 0.6) is 0 Å². The highest BCUT2D eigenvalue weighted by molar-refractivity contribution is 6.22. The molecule has 0 heterocycles. The van der Waals surface area contributed by atoms with Crippen LogP contribution in [0.4, 0.5) is 0 Å². The number of fused-ring (bicyclic) bond motifs is 6. The van der Waals surface area contributed by atoms with Gasteiger partial charge >= 0.3 is 0 Å². The van der Waals surface area contributed by atoms with E-state index in [1.807, 2.05) is 0 Å². The highest BCUT2D eigenvalue weighted by Crippen LogP contribution is 2.47. The Morgan fingerprint density at radius 1 is 0.259 bits per heavy atom. The summed E-state index contributed by atoms with van der Waals surface area (Å²) in [4.78, 5) is 0. The molecule has 0 aliphatic heterocycles. The van der Waals surface area contributed by atoms with E-state index in [2.05, 4.69) is 224 Å². The number of hydrogen-bond acceptors (Lipinski definition) is 0. The molecule has 10 aromatic rings. The van der Waals surface area contributed by atoms with Crippen molar-refractivity contribution in [1.29, 1.82) is 0 Å². The fourth-order valence-electron chi connectivity index (χ4n) is 9.11. The summed E-state index contributed by atoms with van der Waals surface area (Å²) in [5.41, 5.74) is 12.7. The van der Waals surface area contributed by atoms with Crippen molar-refractivity contribution >= 4 is 53.9 Å². The molecule has 0 aliphatic rings. The molecule has 0 atom stereocenters. The third kappa shape index (κ3) is 6.16. The molecule has 0 saturated heterocycles. The van der Waals surface area contributed by atoms with Crippen LogP contribution in [-0.4, -0.2) is 0 Å². The lowest BCUT2D eigenvalue weighted by molar-refractivity contribution is 0.590. The van der Waals surface area contributed by atoms with Gasteiger partial charge in [-0.3, -0.25) is 0 Å². The zero-order valence-corrected chi connectivity index (χ0v) is 34.3. The smallest absolute Gasteiger partial charge is 0.00260 e. The van der Waals surface area contributed by atoms with Gasteiger partial charge < -0.3 is 0 Å². The van der Waals surface area contributed by atoms with Crippen molar-refractivity contribution in [2.45, 2.75) is 52.4 Å². The summed E-state index contributed by atoms with van der Waals surface area (Å²) >= 11 is 0. The van der Waals surface area contributed by atoms with E-state index in [4.69, 9.17) is 0 Å². The minimum atomic E-state index is -0.00565. The van der Waals surface area contributed by atoms with Gasteiger partial charge in [0, 0.05) is 0 Å². The predicted octanol–water partition coefficient (Wildman–Crippen LogP) is 16.7. The summed E-state index contributed by atoms with van der Waals surface area (Å²) in [6.45, 7) is 13.9. The minimum absolute atomic E-state index is 0.00489. The maximum atomic E-state index is 2.48. The Morgan fingerprint density at radius 3 is 1.40 bits per heavy atom. The van der Waals surface area contributed by atoms with Gasteiger partial charge in [0.15, 0.2) is 0 Å². The minimum Gasteiger partial charge on any atom is -0.0616 e. The van der Waals surface area contributed by atoms with Crippen LogP contribution < -0.4 is 0 Å². The van der Waals surface area contributed by atoms with E-state index in [1.165, 1.54) is 109 Å². The second-order valence-electron chi connectivity index (χ2n) is 18.2. The summed E-state index contributed by atoms with van der Waals surface area (Å²) in [6, 6.07) is 68.4. The van der Waals surface area contributed by atoms with E-state index in [0.717, 1.165) is 0 Å². The first-order chi connectivity index (χ1) is 28.0. The van der Waals surface area contributed by atoms with E-state index in [1.54, 1.807) is 0 Å². The summed E-state index contributed by atoms with van der Waals surface area (Å²) < 4.78 is 0. The highest BCUT2D eigenvalue weighted by atomic mass is 14.3. The lowest BCUT2D eigenvalue weighted by Gasteiger charge is -2.25. The van der Waals surface area contributed by atoms with Crippen LogP contribution in [0.3, 0.4) is 0 Å². The summed E-state index contributed by atoms with van der Waals surface area (Å²) in [6.07, 6.45) is 0. The standard InChI is InChI=1S/C58H48/c1-57(2,3)45-30-32-51-53(35-45)55(41-26-21-37(22-27-41)42-28-25-40-24-23-39-14-8-10-19-48(39)52(40)34-42)50-31-29-46(58(4,5)6)36-54(50)56(51)44-17-11-16-43(33-44)49-20-12-15-38-13-7-9-18-47(38)49/h7-36H,1-6H3. The molecule has 0 unspecified atom stereocenters. The Labute approximate surface area is 342 Å². The zero-order valence-electron chi connectivity index (χ0n) is 34.3. The quantitative estimate of drug-likeness (QED) is 0.124. The van der Waals surface area contributed by atoms with Gasteiger partial charge in [0.1, 0.15) is 0 Å². The Balaban J connectivity index is 1.21. The molecule has 0 amide bonds. The van der Waals surface area contributed by atoms with Crippen molar-refractivity contribution in [2.24, 2.45) is 0 Å². The van der Waals surface area contributed by atoms with Crippen molar-refractivity contribution in [2.75, 3.05) is 0 Å². The van der Waals surface area contributed by atoms with Crippen molar-refractivity contribution in [3.05, 3.63) is 193 Å². The lowest BCUT2D eigenvalue weighted by atomic mass is 9.79. The van der Waals surface area contributed by atoms with E-state index in [0.29, 0.717) is 0 Å². The highest BCUT2D eigenvalue weighted by Gasteiger charge is 2.23. The normalized spacial score (nSPS) is 12.3. The molecule has 0 radical (unpaired) electrons. The average Bonchev–Trinajstić information content (AvgIpc) is 3.24. The first-order valence-corrected chi connectivity index (χ1v) is 20.7. The van der Waals surface area contributed by atoms with Crippen LogP contribution in [0.2, 0.25) is 0 Å². The number of rotatable bonds is 4. The van der Waals surface area contributed by atoms with Crippen LogP contribution in [0.25, 0.3) is 98.4 Å². The molecule has 0 N–H and O–H groups in total. The van der Waals surface area contributed by atoms with Crippen molar-refractivity contribution in [3.63, 3.8) is 0 Å². The molecule has 0 heteroatoms. The molecule has 0 aliphatic carbocycles. The SMILES string of the molecule is CC(C)(C)c1ccc2c(-c3cccc(-c4cccc5ccccc45)c3)c3cc(C(C)(C)C)ccc3c(-c3ccc(-c4ccc5ccc6ccccc6c5c4)cc3)c2c1. The van der Waals surface area contributed by atoms with Crippen LogP contribution in [-0.2, 0) is 10.8 Å². The van der Waals surface area contributed by atoms with E-state index >= 15 is 0 Å². The zero-order chi connectivity index (χ0) is 39.8. The predicted molar refractivity (Wildman–Crippen MR) is 253 cm³/mol. The number of hydrogen-bond donors (Lipinski definition) is 0. The molecule has 0 spiro atoms. The van der Waals surface area contributed by atoms with E-state index < -0.39 is 0 Å². The van der Waals surface area contributed by atoms with Gasteiger partial charge in [-0.1, -0.05) is 199 Å². The third-order valence-electron chi connectivity index (χ3n) is 12.4. The summed E-state index contributed by atoms with van der Waals surface area (Å²) in [5, 5.41) is 12.8. The van der Waals surface area contributed by atoms with Crippen molar-refractivity contribution in [3.8, 4) is 44.5 Å². The Hall–Kier alpha value is -6.50. The summed E-state index contributed by atoms with van der Waals surface area (Å²) in [7, 11) is 0. The molecule has 0 bridgehead atoms. The molecule has 0 fully saturated rings. The maximum absolute atomic E-state index is 2.48. The first kappa shape index (κ1) is 35.9. The molecule has 0 nitrogen and oxygen atoms in total. The average molecular weight is 745 g/mol. The molecule has 0 aromatic heterocycles. The molecular weight excluding hydrogens is 697 g/mol. The Bertz CT molecular complexity index is 3210. The number of benzene rings is 10. The topological polar surface area (TPSA) is 0 Å². The van der Waals surface area contributed by atoms with E-state index in [-0.39, 0.29) is 10.8 Å². The van der Waals surface area contributed by atoms with E-state index in [9.17, 15) is 0 Å². The molecular formula is C58H48. The molecule has 0 saturated carbocycles. The maximum Gasteiger partial charge on any atom is -0.00260 e. The van der Waals surface area contributed by atoms with Crippen LogP contribution in [0.15, 0.2) is 182 Å². The Morgan fingerprint density at radius 2 is 0.741 bits per heavy atom. The second kappa shape index (κ2) is 13.6. The fourth-order valence-corrected chi connectivity index (χ4v) is 9.11. The molecule has 58 heavy (non-hydrogen) atoms. The molecule has 280 valence electrons. The van der Waals surface area contributed by atoms with Gasteiger partial charge in [-0.15, -0.1) is 0 Å². The fraction of sp³-hybridized carbons (Fsp3) is 0.138.